The molecule has 0 aliphatic heterocycles. The molecule has 188 valence electrons. The smallest absolute Gasteiger partial charge is 0.322 e. The lowest BCUT2D eigenvalue weighted by atomic mass is 9.94. The molecule has 2 aromatic rings. The Morgan fingerprint density at radius 3 is 1.76 bits per heavy atom. The van der Waals surface area contributed by atoms with E-state index in [1.165, 1.54) is 19.2 Å². The van der Waals surface area contributed by atoms with E-state index < -0.39 is 24.0 Å². The summed E-state index contributed by atoms with van der Waals surface area (Å²) in [5, 5.41) is 32.5. The second-order valence-corrected chi connectivity index (χ2v) is 7.96. The van der Waals surface area contributed by atoms with Crippen molar-refractivity contribution in [3.05, 3.63) is 68.7 Å². The zero-order valence-corrected chi connectivity index (χ0v) is 21.0. The van der Waals surface area contributed by atoms with Crippen LogP contribution in [-0.4, -0.2) is 63.4 Å². The highest BCUT2D eigenvalue weighted by Crippen LogP contribution is 2.20. The third kappa shape index (κ3) is 10.9. The number of aliphatic carboxylic acids is 1. The number of carboxylic acid groups (broad SMARTS) is 1. The van der Waals surface area contributed by atoms with Gasteiger partial charge in [0.1, 0.15) is 12.1 Å². The van der Waals surface area contributed by atoms with E-state index in [-0.39, 0.29) is 12.8 Å². The van der Waals surface area contributed by atoms with Gasteiger partial charge in [0.15, 0.2) is 0 Å². The summed E-state index contributed by atoms with van der Waals surface area (Å²) in [4.78, 5) is 43.0. The molecule has 0 fully saturated rings. The van der Waals surface area contributed by atoms with Gasteiger partial charge in [0, 0.05) is 10.0 Å². The summed E-state index contributed by atoms with van der Waals surface area (Å²) in [6, 6.07) is 11.6. The summed E-state index contributed by atoms with van der Waals surface area (Å²) < 4.78 is 4.63. The van der Waals surface area contributed by atoms with Gasteiger partial charge in [0.25, 0.3) is 14.8 Å². The number of ether oxygens (including phenoxy) is 1. The molecule has 0 spiro atoms. The molecule has 2 rings (SSSR count). The van der Waals surface area contributed by atoms with E-state index in [1.807, 2.05) is 12.1 Å². The van der Waals surface area contributed by atoms with Crippen LogP contribution in [0.5, 0.6) is 0 Å². The van der Waals surface area contributed by atoms with Crippen LogP contribution in [0.15, 0.2) is 36.4 Å². The van der Waals surface area contributed by atoms with Gasteiger partial charge in [-0.15, -0.1) is 0 Å². The maximum absolute atomic E-state index is 11.6. The molecule has 14 heteroatoms. The lowest BCUT2D eigenvalue weighted by Crippen LogP contribution is -2.42. The Morgan fingerprint density at radius 2 is 1.38 bits per heavy atom. The average Bonchev–Trinajstić information content (AvgIpc) is 2.90. The van der Waals surface area contributed by atoms with Gasteiger partial charge in [-0.2, -0.15) is 10.5 Å². The Balaban J connectivity index is 0.000000371. The molecule has 2 atom stereocenters. The van der Waals surface area contributed by atoms with Crippen molar-refractivity contribution in [1.82, 2.24) is 10.5 Å². The molecule has 0 aromatic heterocycles. The van der Waals surface area contributed by atoms with E-state index in [9.17, 15) is 19.2 Å². The molecular formula is C23H20B2Cl2N4O6. The first kappa shape index (κ1) is 31.4. The summed E-state index contributed by atoms with van der Waals surface area (Å²) in [7, 11) is 3.38. The normalized spacial score (nSPS) is 11.3. The van der Waals surface area contributed by atoms with Crippen LogP contribution in [0.4, 0.5) is 0 Å². The highest BCUT2D eigenvalue weighted by atomic mass is 35.5. The van der Waals surface area contributed by atoms with Gasteiger partial charge in [0.2, 0.25) is 0 Å². The molecule has 10 nitrogen and oxygen atoms in total. The lowest BCUT2D eigenvalue weighted by molar-refractivity contribution is -0.142. The minimum absolute atomic E-state index is 0.0774. The van der Waals surface area contributed by atoms with Gasteiger partial charge in [0.05, 0.1) is 42.7 Å². The topological polar surface area (TPSA) is 169 Å². The number of nitrogens with one attached hydrogen (secondary N) is 2. The Morgan fingerprint density at radius 1 is 0.946 bits per heavy atom. The minimum atomic E-state index is -1.11. The molecule has 2 radical (unpaired) electrons. The van der Waals surface area contributed by atoms with E-state index >= 15 is 0 Å². The Kier molecular flexibility index (Phi) is 14.3. The molecular weight excluding hydrogens is 521 g/mol. The van der Waals surface area contributed by atoms with Crippen molar-refractivity contribution in [2.75, 3.05) is 7.11 Å². The fraction of sp³-hybridized carbons (Fsp3) is 0.217. The number of carbonyl (C=O) groups excluding carboxylic acids is 3. The van der Waals surface area contributed by atoms with Gasteiger partial charge in [-0.05, 0) is 60.4 Å². The van der Waals surface area contributed by atoms with Crippen molar-refractivity contribution < 1.29 is 29.0 Å². The quantitative estimate of drug-likeness (QED) is 0.202. The van der Waals surface area contributed by atoms with E-state index in [0.29, 0.717) is 44.7 Å². The van der Waals surface area contributed by atoms with Crippen LogP contribution in [0.3, 0.4) is 0 Å². The second-order valence-electron chi connectivity index (χ2n) is 7.15. The number of rotatable bonds is 12. The zero-order valence-electron chi connectivity index (χ0n) is 19.5. The molecule has 0 unspecified atom stereocenters. The van der Waals surface area contributed by atoms with Gasteiger partial charge in [-0.1, -0.05) is 23.2 Å². The number of carbonyl (C=O) groups is 4. The van der Waals surface area contributed by atoms with Crippen LogP contribution < -0.4 is 10.5 Å². The SMILES string of the molecule is COC(=O)[C@H](Cc1cc(C#N)ccc1Cl)N[B]C=O.N#Cc1ccc(Cl)c(C[C@H](N[B]C=O)C(=O)O)c1. The first-order valence-electron chi connectivity index (χ1n) is 10.4. The highest BCUT2D eigenvalue weighted by Gasteiger charge is 2.21. The molecule has 37 heavy (non-hydrogen) atoms. The van der Waals surface area contributed by atoms with Crippen molar-refractivity contribution in [3.63, 3.8) is 0 Å². The first-order valence-corrected chi connectivity index (χ1v) is 11.2. The lowest BCUT2D eigenvalue weighted by Gasteiger charge is -2.15. The van der Waals surface area contributed by atoms with E-state index in [2.05, 4.69) is 15.2 Å². The summed E-state index contributed by atoms with van der Waals surface area (Å²) in [5.41, 5.74) is 2.01. The number of halogens is 2. The van der Waals surface area contributed by atoms with Crippen molar-refractivity contribution >= 4 is 62.3 Å². The summed E-state index contributed by atoms with van der Waals surface area (Å²) in [6.07, 6.45) is 1.28. The van der Waals surface area contributed by atoms with Gasteiger partial charge < -0.3 is 29.9 Å². The van der Waals surface area contributed by atoms with Gasteiger partial charge in [-0.3, -0.25) is 9.59 Å². The number of methoxy groups -OCH3 is 1. The number of nitrogens with zero attached hydrogens (tertiary/aromatic N) is 2. The van der Waals surface area contributed by atoms with Crippen LogP contribution in [0, 0.1) is 22.7 Å². The van der Waals surface area contributed by atoms with E-state index in [0.717, 1.165) is 14.8 Å². The van der Waals surface area contributed by atoms with Gasteiger partial charge in [-0.25, -0.2) is 0 Å². The molecule has 0 bridgehead atoms. The van der Waals surface area contributed by atoms with Crippen LogP contribution in [-0.2, 0) is 36.8 Å². The van der Waals surface area contributed by atoms with Crippen LogP contribution in [0.1, 0.15) is 22.3 Å². The highest BCUT2D eigenvalue weighted by molar-refractivity contribution is 6.65. The molecule has 2 aromatic carbocycles. The summed E-state index contributed by atoms with van der Waals surface area (Å²) in [5.74, 6) is -1.62. The molecule has 3 N–H and O–H groups in total. The first-order chi connectivity index (χ1) is 17.7. The Bertz CT molecular complexity index is 1200. The second kappa shape index (κ2) is 16.9. The molecule has 0 amide bonds. The van der Waals surface area contributed by atoms with Crippen LogP contribution >= 0.6 is 23.2 Å². The van der Waals surface area contributed by atoms with Crippen molar-refractivity contribution in [2.45, 2.75) is 24.9 Å². The van der Waals surface area contributed by atoms with Crippen molar-refractivity contribution in [3.8, 4) is 12.1 Å². The summed E-state index contributed by atoms with van der Waals surface area (Å²) in [6.45, 7) is 0. The largest absolute Gasteiger partial charge is 0.480 e. The predicted molar refractivity (Wildman–Crippen MR) is 138 cm³/mol. The molecule has 0 saturated carbocycles. The number of hydrogen-bond donors (Lipinski definition) is 3. The van der Waals surface area contributed by atoms with Crippen LogP contribution in [0.2, 0.25) is 10.0 Å². The molecule has 0 aliphatic carbocycles. The molecule has 0 aliphatic rings. The summed E-state index contributed by atoms with van der Waals surface area (Å²) >= 11 is 11.9. The standard InChI is InChI=1S/C12H11BClN2O3.C11H9BClN2O3/c1-19-12(18)11(16-13-7-17)5-9-4-8(6-15)2-3-10(9)14;13-9-2-1-7(5-14)3-8(9)4-10(11(17)18)15-12-6-16/h2-4,7,11,16H,5H2,1H3;1-3,6,10,15H,4H2,(H,17,18)/t11-;10-/m00/s1. The monoisotopic (exact) mass is 540 g/mol. The van der Waals surface area contributed by atoms with E-state index in [1.54, 1.807) is 24.3 Å². The molecule has 0 heterocycles. The average molecular weight is 541 g/mol. The number of nitriles is 2. The van der Waals surface area contributed by atoms with Crippen LogP contribution in [0.25, 0.3) is 0 Å². The third-order valence-electron chi connectivity index (χ3n) is 4.71. The molecule has 0 saturated heterocycles. The minimum Gasteiger partial charge on any atom is -0.480 e. The third-order valence-corrected chi connectivity index (χ3v) is 5.45. The number of carboxylic acids is 1. The fourth-order valence-corrected chi connectivity index (χ4v) is 3.31. The maximum atomic E-state index is 11.6. The Labute approximate surface area is 225 Å². The maximum Gasteiger partial charge on any atom is 0.322 e. The predicted octanol–water partition coefficient (Wildman–Crippen LogP) is 1.30. The number of esters is 1. The van der Waals surface area contributed by atoms with Crippen molar-refractivity contribution in [1.29, 1.82) is 10.5 Å². The van der Waals surface area contributed by atoms with Crippen molar-refractivity contribution in [2.24, 2.45) is 0 Å². The van der Waals surface area contributed by atoms with E-state index in [4.69, 9.17) is 38.8 Å². The number of hydrogen-bond acceptors (Lipinski definition) is 9. The zero-order chi connectivity index (χ0) is 27.8. The van der Waals surface area contributed by atoms with Gasteiger partial charge >= 0.3 is 11.9 Å². The fourth-order valence-electron chi connectivity index (χ4n) is 2.92. The number of benzene rings is 2. The Hall–Kier alpha value is -3.67.